The second-order valence-electron chi connectivity index (χ2n) is 2.28. The second kappa shape index (κ2) is 4.25. The van der Waals surface area contributed by atoms with Gasteiger partial charge < -0.3 is 4.42 Å². The summed E-state index contributed by atoms with van der Waals surface area (Å²) in [6.45, 7) is 1.80. The van der Waals surface area contributed by atoms with Gasteiger partial charge in [-0.2, -0.15) is 4.98 Å². The predicted molar refractivity (Wildman–Crippen MR) is 48.3 cm³/mol. The van der Waals surface area contributed by atoms with Crippen LogP contribution in [-0.2, 0) is 4.79 Å². The van der Waals surface area contributed by atoms with E-state index < -0.39 is 0 Å². The van der Waals surface area contributed by atoms with Crippen molar-refractivity contribution in [1.82, 2.24) is 4.98 Å². The smallest absolute Gasteiger partial charge is 0.301 e. The maximum Gasteiger partial charge on any atom is 0.301 e. The molecule has 0 saturated heterocycles. The van der Waals surface area contributed by atoms with E-state index in [9.17, 15) is 4.79 Å². The van der Waals surface area contributed by atoms with Crippen LogP contribution in [-0.4, -0.2) is 16.2 Å². The number of oxazole rings is 1. The lowest BCUT2D eigenvalue weighted by Crippen LogP contribution is -2.11. The van der Waals surface area contributed by atoms with Gasteiger partial charge >= 0.3 is 6.01 Å². The highest BCUT2D eigenvalue weighted by Gasteiger charge is 2.04. The van der Waals surface area contributed by atoms with Gasteiger partial charge in [0.15, 0.2) is 0 Å². The molecule has 0 unspecified atom stereocenters. The molecule has 1 aromatic rings. The van der Waals surface area contributed by atoms with Gasteiger partial charge in [0, 0.05) is 11.8 Å². The number of anilines is 1. The van der Waals surface area contributed by atoms with Crippen molar-refractivity contribution in [3.63, 3.8) is 0 Å². The van der Waals surface area contributed by atoms with Crippen LogP contribution >= 0.6 is 15.9 Å². The molecule has 0 bridgehead atoms. The molecule has 0 aliphatic heterocycles. The average molecular weight is 233 g/mol. The van der Waals surface area contributed by atoms with Crippen molar-refractivity contribution in [1.29, 1.82) is 0 Å². The number of aryl methyl sites for hydroxylation is 1. The van der Waals surface area contributed by atoms with Gasteiger partial charge in [-0.05, 0) is 6.92 Å². The summed E-state index contributed by atoms with van der Waals surface area (Å²) in [6, 6.07) is 0.262. The standard InChI is InChI=1S/C7H9BrN2O2/c1-5-4-12-7(9-5)10-6(11)2-3-8/h4H,2-3H2,1H3,(H,9,10,11). The molecule has 0 spiro atoms. The number of hydrogen-bond donors (Lipinski definition) is 1. The fraction of sp³-hybridized carbons (Fsp3) is 0.429. The van der Waals surface area contributed by atoms with Gasteiger partial charge in [-0.25, -0.2) is 0 Å². The number of nitrogens with zero attached hydrogens (tertiary/aromatic N) is 1. The summed E-state index contributed by atoms with van der Waals surface area (Å²) in [5.74, 6) is -0.103. The molecule has 5 heteroatoms. The Kier molecular flexibility index (Phi) is 3.28. The van der Waals surface area contributed by atoms with Gasteiger partial charge in [-0.1, -0.05) is 15.9 Å². The summed E-state index contributed by atoms with van der Waals surface area (Å²) in [4.78, 5) is 14.9. The number of halogens is 1. The number of amides is 1. The highest BCUT2D eigenvalue weighted by molar-refractivity contribution is 9.09. The number of carbonyl (C=O) groups is 1. The van der Waals surface area contributed by atoms with Gasteiger partial charge in [0.2, 0.25) is 5.91 Å². The largest absolute Gasteiger partial charge is 0.432 e. The van der Waals surface area contributed by atoms with Crippen LogP contribution in [0.5, 0.6) is 0 Å². The zero-order chi connectivity index (χ0) is 8.97. The molecule has 1 rings (SSSR count). The molecular weight excluding hydrogens is 224 g/mol. The second-order valence-corrected chi connectivity index (χ2v) is 3.07. The summed E-state index contributed by atoms with van der Waals surface area (Å²) in [5.41, 5.74) is 0.754. The van der Waals surface area contributed by atoms with E-state index in [1.807, 2.05) is 0 Å². The Morgan fingerprint density at radius 2 is 2.58 bits per heavy atom. The molecule has 12 heavy (non-hydrogen) atoms. The van der Waals surface area contributed by atoms with Crippen LogP contribution in [0.4, 0.5) is 6.01 Å². The summed E-state index contributed by atoms with van der Waals surface area (Å²) in [5, 5.41) is 3.15. The monoisotopic (exact) mass is 232 g/mol. The zero-order valence-electron chi connectivity index (χ0n) is 6.63. The zero-order valence-corrected chi connectivity index (χ0v) is 8.22. The van der Waals surface area contributed by atoms with Crippen LogP contribution in [0.1, 0.15) is 12.1 Å². The molecule has 0 fully saturated rings. The first kappa shape index (κ1) is 9.25. The van der Waals surface area contributed by atoms with Gasteiger partial charge in [-0.15, -0.1) is 0 Å². The number of rotatable bonds is 3. The summed E-state index contributed by atoms with van der Waals surface area (Å²) < 4.78 is 4.92. The van der Waals surface area contributed by atoms with Crippen LogP contribution in [0.3, 0.4) is 0 Å². The minimum Gasteiger partial charge on any atom is -0.432 e. The summed E-state index contributed by atoms with van der Waals surface area (Å²) in [6.07, 6.45) is 1.91. The highest BCUT2D eigenvalue weighted by Crippen LogP contribution is 2.06. The van der Waals surface area contributed by atoms with Crippen LogP contribution in [0, 0.1) is 6.92 Å². The fourth-order valence-electron chi connectivity index (χ4n) is 0.679. The van der Waals surface area contributed by atoms with Gasteiger partial charge in [0.1, 0.15) is 6.26 Å². The van der Waals surface area contributed by atoms with Crippen molar-refractivity contribution in [2.45, 2.75) is 13.3 Å². The predicted octanol–water partition coefficient (Wildman–Crippen LogP) is 1.71. The highest BCUT2D eigenvalue weighted by atomic mass is 79.9. The molecular formula is C7H9BrN2O2. The number of hydrogen-bond acceptors (Lipinski definition) is 3. The summed E-state index contributed by atoms with van der Waals surface area (Å²) >= 11 is 3.16. The van der Waals surface area contributed by atoms with E-state index in [0.29, 0.717) is 11.8 Å². The van der Waals surface area contributed by atoms with Crippen LogP contribution in [0.15, 0.2) is 10.7 Å². The Morgan fingerprint density at radius 3 is 3.08 bits per heavy atom. The number of aromatic nitrogens is 1. The number of alkyl halides is 1. The lowest BCUT2D eigenvalue weighted by Gasteiger charge is -1.95. The van der Waals surface area contributed by atoms with Crippen molar-refractivity contribution in [2.75, 3.05) is 10.6 Å². The van der Waals surface area contributed by atoms with Crippen LogP contribution in [0.25, 0.3) is 0 Å². The first-order chi connectivity index (χ1) is 5.72. The molecule has 0 atom stereocenters. The normalized spacial score (nSPS) is 9.83. The van der Waals surface area contributed by atoms with E-state index in [0.717, 1.165) is 5.69 Å². The molecule has 4 nitrogen and oxygen atoms in total. The molecule has 1 N–H and O–H groups in total. The van der Waals surface area contributed by atoms with Gasteiger partial charge in [-0.3, -0.25) is 10.1 Å². The topological polar surface area (TPSA) is 55.1 Å². The minimum atomic E-state index is -0.103. The molecule has 1 aromatic heterocycles. The lowest BCUT2D eigenvalue weighted by molar-refractivity contribution is -0.115. The van der Waals surface area contributed by atoms with Crippen molar-refractivity contribution in [3.05, 3.63) is 12.0 Å². The van der Waals surface area contributed by atoms with Gasteiger partial charge in [0.05, 0.1) is 5.69 Å². The van der Waals surface area contributed by atoms with E-state index in [-0.39, 0.29) is 11.9 Å². The number of nitrogens with one attached hydrogen (secondary N) is 1. The molecule has 0 aromatic carbocycles. The van der Waals surface area contributed by atoms with Gasteiger partial charge in [0.25, 0.3) is 0 Å². The van der Waals surface area contributed by atoms with Crippen molar-refractivity contribution < 1.29 is 9.21 Å². The number of carbonyl (C=O) groups excluding carboxylic acids is 1. The third kappa shape index (κ3) is 2.65. The summed E-state index contributed by atoms with van der Waals surface area (Å²) in [7, 11) is 0. The van der Waals surface area contributed by atoms with E-state index in [1.165, 1.54) is 6.26 Å². The van der Waals surface area contributed by atoms with Crippen molar-refractivity contribution in [2.24, 2.45) is 0 Å². The van der Waals surface area contributed by atoms with Crippen molar-refractivity contribution in [3.8, 4) is 0 Å². The molecule has 66 valence electrons. The van der Waals surface area contributed by atoms with Crippen LogP contribution in [0.2, 0.25) is 0 Å². The van der Waals surface area contributed by atoms with E-state index in [1.54, 1.807) is 6.92 Å². The first-order valence-electron chi connectivity index (χ1n) is 3.50. The molecule has 1 amide bonds. The Balaban J connectivity index is 2.46. The maximum atomic E-state index is 11.0. The Bertz CT molecular complexity index is 272. The van der Waals surface area contributed by atoms with Crippen molar-refractivity contribution >= 4 is 27.9 Å². The average Bonchev–Trinajstić information content (AvgIpc) is 2.36. The minimum absolute atomic E-state index is 0.103. The quantitative estimate of drug-likeness (QED) is 0.808. The third-order valence-corrected chi connectivity index (χ3v) is 1.58. The third-order valence-electron chi connectivity index (χ3n) is 1.19. The SMILES string of the molecule is Cc1coc(NC(=O)CCBr)n1. The first-order valence-corrected chi connectivity index (χ1v) is 4.62. The van der Waals surface area contributed by atoms with Crippen LogP contribution < -0.4 is 5.32 Å². The van der Waals surface area contributed by atoms with E-state index >= 15 is 0 Å². The molecule has 0 radical (unpaired) electrons. The molecule has 0 aliphatic carbocycles. The fourth-order valence-corrected chi connectivity index (χ4v) is 1.04. The molecule has 0 aliphatic rings. The molecule has 0 saturated carbocycles. The Morgan fingerprint density at radius 1 is 1.83 bits per heavy atom. The van der Waals surface area contributed by atoms with E-state index in [2.05, 4.69) is 26.2 Å². The lowest BCUT2D eigenvalue weighted by atomic mass is 10.5. The van der Waals surface area contributed by atoms with E-state index in [4.69, 9.17) is 4.42 Å². The Hall–Kier alpha value is -0.840. The molecule has 1 heterocycles. The maximum absolute atomic E-state index is 11.0. The Labute approximate surface area is 78.5 Å².